The molecule has 0 unspecified atom stereocenters. The van der Waals surface area contributed by atoms with Crippen LogP contribution < -0.4 is 39.2 Å². The van der Waals surface area contributed by atoms with Crippen molar-refractivity contribution >= 4 is 127 Å². The number of halogens is 7. The second kappa shape index (κ2) is 60.9. The van der Waals surface area contributed by atoms with E-state index in [1.807, 2.05) is 245 Å². The van der Waals surface area contributed by atoms with Crippen LogP contribution in [0.15, 0.2) is 267 Å². The predicted molar refractivity (Wildman–Crippen MR) is 576 cm³/mol. The Bertz CT molecular complexity index is 5140. The molecule has 0 saturated heterocycles. The molecule has 31 heteroatoms. The van der Waals surface area contributed by atoms with Gasteiger partial charge in [-0.1, -0.05) is 191 Å². The number of nitrogens with zero attached hydrogens (tertiary/aromatic N) is 8. The summed E-state index contributed by atoms with van der Waals surface area (Å²) in [6, 6.07) is 86.6. The van der Waals surface area contributed by atoms with Crippen LogP contribution in [0, 0.1) is 13.8 Å². The van der Waals surface area contributed by atoms with Gasteiger partial charge in [-0.2, -0.15) is 0 Å². The molecule has 0 aromatic heterocycles. The molecule has 16 N–H and O–H groups in total. The Morgan fingerprint density at radius 2 is 0.348 bits per heavy atom. The quantitative estimate of drug-likeness (QED) is 0.0124. The molecule has 12 rings (SSSR count). The lowest BCUT2D eigenvalue weighted by Crippen LogP contribution is -2.30. The molecule has 12 aromatic rings. The van der Waals surface area contributed by atoms with Gasteiger partial charge in [-0.25, -0.2) is 0 Å². The zero-order chi connectivity index (χ0) is 102. The van der Waals surface area contributed by atoms with E-state index in [1.54, 1.807) is 0 Å². The molecule has 0 atom stereocenters. The molecular formula is C110H133Cl7N8O16. The van der Waals surface area contributed by atoms with E-state index in [2.05, 4.69) is 74.5 Å². The molecular weight excluding hydrogens is 1940 g/mol. The summed E-state index contributed by atoms with van der Waals surface area (Å²) in [6.07, 6.45) is 0. The maximum atomic E-state index is 9.45. The van der Waals surface area contributed by atoms with Gasteiger partial charge in [0.2, 0.25) is 0 Å². The predicted octanol–water partition coefficient (Wildman–Crippen LogP) is 14.7. The molecule has 0 fully saturated rings. The van der Waals surface area contributed by atoms with Gasteiger partial charge >= 0.3 is 0 Å². The van der Waals surface area contributed by atoms with Gasteiger partial charge in [-0.15, -0.1) is 11.6 Å². The SMILES string of the molecule is Cc1cc(N(CCO)CCO)ccc1C(c1ccc(Cl)cc1)c1ccc(N(CCO)CCO)cc1C.OCCN(CCO)c1ccc(C(Cl)(c2ccc(Cl)cc2)c2ccc(N(CCO)CCO)cc2)cc1.OCCN(CCO)c1ccc(C(c2ccc(Cl)cc2)c2ccc(N(CCO)CCO)cc2)cc1.OCCN(CCO)c1ccc(C(c2ccc(Cl)cc2)c2ccc(N(CCO)CCO)cc2Cl)c(Cl)c1. The lowest BCUT2D eigenvalue weighted by atomic mass is 9.81. The van der Waals surface area contributed by atoms with Crippen molar-refractivity contribution in [3.05, 3.63) is 375 Å². The first-order valence-electron chi connectivity index (χ1n) is 47.1. The zero-order valence-electron chi connectivity index (χ0n) is 79.6. The highest BCUT2D eigenvalue weighted by Crippen LogP contribution is 2.47. The largest absolute Gasteiger partial charge is 0.395 e. The average Bonchev–Trinajstić information content (AvgIpc) is 0.754. The van der Waals surface area contributed by atoms with Crippen molar-refractivity contribution in [1.29, 1.82) is 0 Å². The summed E-state index contributed by atoms with van der Waals surface area (Å²) in [5.74, 6) is -0.342. The Morgan fingerprint density at radius 1 is 0.191 bits per heavy atom. The number of anilines is 8. The van der Waals surface area contributed by atoms with Gasteiger partial charge < -0.3 is 121 Å². The van der Waals surface area contributed by atoms with Crippen molar-refractivity contribution in [2.75, 3.05) is 250 Å². The van der Waals surface area contributed by atoms with E-state index < -0.39 is 4.87 Å². The number of benzene rings is 12. The third-order valence-electron chi connectivity index (χ3n) is 24.4. The van der Waals surface area contributed by atoms with E-state index in [4.69, 9.17) is 81.2 Å². The highest BCUT2D eigenvalue weighted by Gasteiger charge is 2.35. The highest BCUT2D eigenvalue weighted by atomic mass is 35.5. The Morgan fingerprint density at radius 3 is 0.553 bits per heavy atom. The molecule has 0 heterocycles. The van der Waals surface area contributed by atoms with Gasteiger partial charge in [0.1, 0.15) is 4.87 Å². The zero-order valence-corrected chi connectivity index (χ0v) is 84.9. The van der Waals surface area contributed by atoms with Gasteiger partial charge in [-0.3, -0.25) is 0 Å². The van der Waals surface area contributed by atoms with Crippen LogP contribution in [0.3, 0.4) is 0 Å². The van der Waals surface area contributed by atoms with E-state index in [9.17, 15) is 81.7 Å². The summed E-state index contributed by atoms with van der Waals surface area (Å²) in [6.45, 7) is 11.0. The van der Waals surface area contributed by atoms with Crippen LogP contribution >= 0.6 is 81.2 Å². The summed E-state index contributed by atoms with van der Waals surface area (Å²) >= 11 is 45.8. The third-order valence-corrected chi connectivity index (χ3v) is 26.7. The van der Waals surface area contributed by atoms with Gasteiger partial charge in [0, 0.05) is 198 Å². The Labute approximate surface area is 863 Å². The van der Waals surface area contributed by atoms with E-state index in [-0.39, 0.29) is 123 Å². The minimum atomic E-state index is -1.00. The van der Waals surface area contributed by atoms with Crippen molar-refractivity contribution in [1.82, 2.24) is 0 Å². The van der Waals surface area contributed by atoms with Gasteiger partial charge in [-0.05, 0) is 237 Å². The Balaban J connectivity index is 0.000000210. The molecule has 12 aromatic carbocycles. The van der Waals surface area contributed by atoms with Crippen molar-refractivity contribution in [2.24, 2.45) is 0 Å². The Kier molecular flexibility index (Phi) is 49.7. The van der Waals surface area contributed by atoms with Gasteiger partial charge in [0.25, 0.3) is 0 Å². The van der Waals surface area contributed by atoms with Crippen molar-refractivity contribution in [2.45, 2.75) is 36.5 Å². The normalized spacial score (nSPS) is 11.3. The minimum Gasteiger partial charge on any atom is -0.395 e. The lowest BCUT2D eigenvalue weighted by molar-refractivity contribution is 0.280. The first-order chi connectivity index (χ1) is 68.4. The highest BCUT2D eigenvalue weighted by molar-refractivity contribution is 6.33. The smallest absolute Gasteiger partial charge is 0.119 e. The van der Waals surface area contributed by atoms with Crippen molar-refractivity contribution in [3.63, 3.8) is 0 Å². The number of hydrogen-bond acceptors (Lipinski definition) is 24. The summed E-state index contributed by atoms with van der Waals surface area (Å²) in [5.41, 5.74) is 21.4. The standard InChI is InChI=1S/C29H37ClN2O4.C27H31Cl3N2O4.C27H32Cl2N2O4.C27H33ClN2O4/c1-21-19-25(31(11-15-33)12-16-34)7-9-27(21)29(23-3-5-24(30)6-4-23)28-10-8-26(20-22(28)2)32(13-17-35)14-18-36;28-20-3-1-19(2-4-20)27(23-7-5-21(17-25(23)29)31(9-13-33)10-14-34)24-8-6-22(18-26(24)30)32(11-15-35)12-16-36;28-24-7-1-21(2-8-24)27(29,22-3-9-25(10-4-22)30(13-17-32)14-18-33)23-5-11-26(12-6-23)31(15-19-34)16-20-35;28-24-7-1-21(2-8-24)27(22-3-9-25(10-4-22)29(13-17-31)14-18-32)23-5-11-26(12-6-23)30(15-19-33)16-20-34/h3-10,19-20,29,33-36H,11-18H2,1-2H3;1-8,17-18,27,33-36H,9-16H2;1-12,32-35H,13-20H2;1-12,27,31-34H,13-20H2. The van der Waals surface area contributed by atoms with Crippen LogP contribution in [0.25, 0.3) is 0 Å². The molecule has 0 saturated carbocycles. The van der Waals surface area contributed by atoms with Crippen molar-refractivity contribution in [3.8, 4) is 0 Å². The molecule has 0 aliphatic carbocycles. The number of aliphatic hydroxyl groups excluding tert-OH is 16. The molecule has 0 aliphatic heterocycles. The van der Waals surface area contributed by atoms with E-state index in [0.29, 0.717) is 135 Å². The Hall–Kier alpha value is -9.57. The number of aryl methyl sites for hydroxylation is 2. The fourth-order valence-electron chi connectivity index (χ4n) is 17.5. The summed E-state index contributed by atoms with van der Waals surface area (Å²) in [5, 5.41) is 154. The van der Waals surface area contributed by atoms with Crippen LogP contribution in [-0.2, 0) is 4.87 Å². The fraction of sp³-hybridized carbons (Fsp3) is 0.345. The number of aliphatic hydroxyl groups is 16. The van der Waals surface area contributed by atoms with Crippen LogP contribution in [0.5, 0.6) is 0 Å². The molecule has 24 nitrogen and oxygen atoms in total. The molecule has 0 aliphatic rings. The monoisotopic (exact) mass is 2070 g/mol. The van der Waals surface area contributed by atoms with Crippen LogP contribution in [0.4, 0.5) is 45.5 Å². The van der Waals surface area contributed by atoms with Crippen molar-refractivity contribution < 1.29 is 81.7 Å². The fourth-order valence-corrected chi connectivity index (χ4v) is 18.9. The molecule has 0 spiro atoms. The van der Waals surface area contributed by atoms with Crippen LogP contribution in [0.1, 0.15) is 95.6 Å². The molecule has 0 amide bonds. The summed E-state index contributed by atoms with van der Waals surface area (Å²) < 4.78 is 0. The number of hydrogen-bond donors (Lipinski definition) is 16. The summed E-state index contributed by atoms with van der Waals surface area (Å²) in [4.78, 5) is 14.4. The van der Waals surface area contributed by atoms with Gasteiger partial charge in [0.05, 0.1) is 106 Å². The topological polar surface area (TPSA) is 350 Å². The number of rotatable bonds is 52. The lowest BCUT2D eigenvalue weighted by Gasteiger charge is -2.31. The third kappa shape index (κ3) is 32.7. The van der Waals surface area contributed by atoms with Crippen LogP contribution in [-0.4, -0.2) is 292 Å². The molecule has 0 radical (unpaired) electrons. The number of alkyl halides is 1. The minimum absolute atomic E-state index is 0.0120. The second-order valence-electron chi connectivity index (χ2n) is 33.4. The average molecular weight is 2070 g/mol. The second-order valence-corrected chi connectivity index (χ2v) is 36.5. The molecule has 758 valence electrons. The van der Waals surface area contributed by atoms with Gasteiger partial charge in [0.15, 0.2) is 0 Å². The molecule has 141 heavy (non-hydrogen) atoms. The van der Waals surface area contributed by atoms with E-state index in [1.165, 1.54) is 0 Å². The first kappa shape index (κ1) is 115. The van der Waals surface area contributed by atoms with E-state index in [0.717, 1.165) is 123 Å². The first-order valence-corrected chi connectivity index (χ1v) is 49.7. The maximum Gasteiger partial charge on any atom is 0.119 e. The maximum absolute atomic E-state index is 9.45. The molecule has 0 bridgehead atoms. The van der Waals surface area contributed by atoms with Crippen LogP contribution in [0.2, 0.25) is 30.1 Å². The van der Waals surface area contributed by atoms with E-state index >= 15 is 0 Å². The summed E-state index contributed by atoms with van der Waals surface area (Å²) in [7, 11) is 0.